The van der Waals surface area contributed by atoms with Crippen LogP contribution in [0.1, 0.15) is 29.8 Å². The van der Waals surface area contributed by atoms with Gasteiger partial charge in [-0.05, 0) is 60.7 Å². The second-order valence-electron chi connectivity index (χ2n) is 6.58. The minimum Gasteiger partial charge on any atom is -0.333 e. The average molecular weight is 337 g/mol. The van der Waals surface area contributed by atoms with Crippen LogP contribution in [0.4, 0.5) is 0 Å². The molecule has 2 unspecified atom stereocenters. The Labute approximate surface area is 128 Å². The third-order valence-corrected chi connectivity index (χ3v) is 5.65. The van der Waals surface area contributed by atoms with Crippen LogP contribution in [0.5, 0.6) is 0 Å². The van der Waals surface area contributed by atoms with E-state index in [0.29, 0.717) is 11.8 Å². The second-order valence-corrected chi connectivity index (χ2v) is 7.43. The number of likely N-dealkylation sites (tertiary alicyclic amines) is 1. The van der Waals surface area contributed by atoms with Crippen LogP contribution in [0.3, 0.4) is 0 Å². The van der Waals surface area contributed by atoms with Gasteiger partial charge >= 0.3 is 0 Å². The van der Waals surface area contributed by atoms with Crippen molar-refractivity contribution in [3.8, 4) is 0 Å². The average Bonchev–Trinajstić information content (AvgIpc) is 2.94. The van der Waals surface area contributed by atoms with Gasteiger partial charge in [-0.25, -0.2) is 0 Å². The van der Waals surface area contributed by atoms with Crippen molar-refractivity contribution < 1.29 is 4.79 Å². The van der Waals surface area contributed by atoms with E-state index in [1.807, 2.05) is 25.1 Å². The lowest BCUT2D eigenvalue weighted by molar-refractivity contribution is 0.0602. The second kappa shape index (κ2) is 4.85. The van der Waals surface area contributed by atoms with E-state index >= 15 is 0 Å². The molecule has 1 aromatic rings. The van der Waals surface area contributed by atoms with Crippen LogP contribution in [0, 0.1) is 18.8 Å². The van der Waals surface area contributed by atoms with E-state index in [1.54, 1.807) is 0 Å². The minimum absolute atomic E-state index is 0.0750. The van der Waals surface area contributed by atoms with Gasteiger partial charge in [0.05, 0.1) is 5.56 Å². The van der Waals surface area contributed by atoms with Crippen LogP contribution in [0.2, 0.25) is 0 Å². The van der Waals surface area contributed by atoms with Gasteiger partial charge in [-0.1, -0.05) is 11.6 Å². The van der Waals surface area contributed by atoms with Crippen molar-refractivity contribution in [2.75, 3.05) is 19.6 Å². The maximum atomic E-state index is 12.9. The van der Waals surface area contributed by atoms with Gasteiger partial charge in [-0.2, -0.15) is 0 Å². The molecule has 0 aliphatic carbocycles. The lowest BCUT2D eigenvalue weighted by atomic mass is 9.84. The summed E-state index contributed by atoms with van der Waals surface area (Å²) in [6, 6.07) is 5.97. The molecule has 3 nitrogen and oxygen atoms in total. The number of aryl methyl sites for hydroxylation is 1. The highest BCUT2D eigenvalue weighted by Gasteiger charge is 2.51. The maximum absolute atomic E-state index is 12.9. The standard InChI is InChI=1S/C16H21BrN2O/c1-10-4-5-14(17)12(6-10)15(20)19-9-11-7-18-8-13(11)16(19,2)3/h4-6,11,13,18H,7-9H2,1-3H3. The molecule has 0 spiro atoms. The Kier molecular flexibility index (Phi) is 3.41. The summed E-state index contributed by atoms with van der Waals surface area (Å²) in [7, 11) is 0. The summed E-state index contributed by atoms with van der Waals surface area (Å²) >= 11 is 3.52. The number of carbonyl (C=O) groups excluding carboxylic acids is 1. The molecule has 0 radical (unpaired) electrons. The summed E-state index contributed by atoms with van der Waals surface area (Å²) in [6.45, 7) is 9.35. The molecule has 2 aliphatic rings. The predicted molar refractivity (Wildman–Crippen MR) is 83.8 cm³/mol. The summed E-state index contributed by atoms with van der Waals surface area (Å²) in [6.07, 6.45) is 0. The Hall–Kier alpha value is -0.870. The lowest BCUT2D eigenvalue weighted by Crippen LogP contribution is -2.47. The van der Waals surface area contributed by atoms with E-state index in [9.17, 15) is 4.79 Å². The lowest BCUT2D eigenvalue weighted by Gasteiger charge is -2.36. The van der Waals surface area contributed by atoms with E-state index in [2.05, 4.69) is 40.0 Å². The molecule has 108 valence electrons. The van der Waals surface area contributed by atoms with Crippen LogP contribution in [0.25, 0.3) is 0 Å². The molecule has 1 aromatic carbocycles. The number of nitrogens with one attached hydrogen (secondary N) is 1. The fourth-order valence-corrected chi connectivity index (χ4v) is 4.13. The largest absolute Gasteiger partial charge is 0.333 e. The first-order valence-electron chi connectivity index (χ1n) is 7.20. The van der Waals surface area contributed by atoms with E-state index in [0.717, 1.165) is 35.2 Å². The van der Waals surface area contributed by atoms with Crippen LogP contribution >= 0.6 is 15.9 Å². The zero-order chi connectivity index (χ0) is 14.5. The summed E-state index contributed by atoms with van der Waals surface area (Å²) < 4.78 is 0.888. The number of hydrogen-bond acceptors (Lipinski definition) is 2. The Bertz CT molecular complexity index is 555. The van der Waals surface area contributed by atoms with Crippen molar-refractivity contribution in [2.24, 2.45) is 11.8 Å². The minimum atomic E-state index is -0.0750. The van der Waals surface area contributed by atoms with Gasteiger partial charge in [0.15, 0.2) is 0 Å². The highest BCUT2D eigenvalue weighted by atomic mass is 79.9. The Morgan fingerprint density at radius 2 is 2.15 bits per heavy atom. The third-order valence-electron chi connectivity index (χ3n) is 4.96. The van der Waals surface area contributed by atoms with Crippen molar-refractivity contribution >= 4 is 21.8 Å². The molecule has 2 fully saturated rings. The quantitative estimate of drug-likeness (QED) is 0.855. The van der Waals surface area contributed by atoms with Gasteiger partial charge in [0.1, 0.15) is 0 Å². The predicted octanol–water partition coefficient (Wildman–Crippen LogP) is 2.83. The van der Waals surface area contributed by atoms with Gasteiger partial charge in [0, 0.05) is 29.6 Å². The molecule has 1 amide bonds. The topological polar surface area (TPSA) is 32.3 Å². The van der Waals surface area contributed by atoms with Gasteiger partial charge in [-0.15, -0.1) is 0 Å². The first-order chi connectivity index (χ1) is 9.41. The number of hydrogen-bond donors (Lipinski definition) is 1. The molecule has 3 rings (SSSR count). The number of carbonyl (C=O) groups is 1. The molecular formula is C16H21BrN2O. The van der Waals surface area contributed by atoms with Crippen molar-refractivity contribution in [1.29, 1.82) is 0 Å². The molecule has 1 N–H and O–H groups in total. The van der Waals surface area contributed by atoms with Crippen molar-refractivity contribution in [1.82, 2.24) is 10.2 Å². The molecule has 0 aromatic heterocycles. The molecule has 2 heterocycles. The number of halogens is 1. The fraction of sp³-hybridized carbons (Fsp3) is 0.562. The summed E-state index contributed by atoms with van der Waals surface area (Å²) in [5.41, 5.74) is 1.83. The van der Waals surface area contributed by atoms with Crippen LogP contribution in [-0.4, -0.2) is 36.0 Å². The molecule has 2 aliphatic heterocycles. The molecule has 0 saturated carbocycles. The molecule has 2 atom stereocenters. The number of rotatable bonds is 1. The van der Waals surface area contributed by atoms with Crippen LogP contribution in [0.15, 0.2) is 22.7 Å². The number of amides is 1. The molecule has 4 heteroatoms. The van der Waals surface area contributed by atoms with E-state index in [1.165, 1.54) is 0 Å². The zero-order valence-corrected chi connectivity index (χ0v) is 13.8. The number of benzene rings is 1. The summed E-state index contributed by atoms with van der Waals surface area (Å²) in [5, 5.41) is 3.45. The monoisotopic (exact) mass is 336 g/mol. The van der Waals surface area contributed by atoms with Gasteiger partial charge in [-0.3, -0.25) is 4.79 Å². The van der Waals surface area contributed by atoms with E-state index in [4.69, 9.17) is 0 Å². The highest BCUT2D eigenvalue weighted by Crippen LogP contribution is 2.41. The smallest absolute Gasteiger partial charge is 0.255 e. The van der Waals surface area contributed by atoms with Gasteiger partial charge in [0.25, 0.3) is 5.91 Å². The van der Waals surface area contributed by atoms with E-state index in [-0.39, 0.29) is 11.4 Å². The third kappa shape index (κ3) is 2.09. The molecular weight excluding hydrogens is 316 g/mol. The van der Waals surface area contributed by atoms with Crippen molar-refractivity contribution in [2.45, 2.75) is 26.3 Å². The Morgan fingerprint density at radius 1 is 1.40 bits per heavy atom. The normalized spacial score (nSPS) is 27.7. The first kappa shape index (κ1) is 14.1. The first-order valence-corrected chi connectivity index (χ1v) is 7.99. The highest BCUT2D eigenvalue weighted by molar-refractivity contribution is 9.10. The van der Waals surface area contributed by atoms with E-state index < -0.39 is 0 Å². The maximum Gasteiger partial charge on any atom is 0.255 e. The molecule has 0 bridgehead atoms. The Balaban J connectivity index is 1.93. The SMILES string of the molecule is Cc1ccc(Br)c(C(=O)N2CC3CNCC3C2(C)C)c1. The van der Waals surface area contributed by atoms with Gasteiger partial charge in [0.2, 0.25) is 0 Å². The van der Waals surface area contributed by atoms with Crippen molar-refractivity contribution in [3.05, 3.63) is 33.8 Å². The number of fused-ring (bicyclic) bond motifs is 1. The number of nitrogens with zero attached hydrogens (tertiary/aromatic N) is 1. The molecule has 2 saturated heterocycles. The van der Waals surface area contributed by atoms with Crippen LogP contribution < -0.4 is 5.32 Å². The zero-order valence-electron chi connectivity index (χ0n) is 12.2. The summed E-state index contributed by atoms with van der Waals surface area (Å²) in [5.74, 6) is 1.31. The van der Waals surface area contributed by atoms with Crippen molar-refractivity contribution in [3.63, 3.8) is 0 Å². The summed E-state index contributed by atoms with van der Waals surface area (Å²) in [4.78, 5) is 15.0. The molecule has 20 heavy (non-hydrogen) atoms. The van der Waals surface area contributed by atoms with Gasteiger partial charge < -0.3 is 10.2 Å². The fourth-order valence-electron chi connectivity index (χ4n) is 3.71. The Morgan fingerprint density at radius 3 is 2.85 bits per heavy atom. The van der Waals surface area contributed by atoms with Crippen LogP contribution in [-0.2, 0) is 0 Å².